The number of phenols is 1. The van der Waals surface area contributed by atoms with E-state index < -0.39 is 5.97 Å². The summed E-state index contributed by atoms with van der Waals surface area (Å²) in [6.07, 6.45) is 1.85. The van der Waals surface area contributed by atoms with Crippen molar-refractivity contribution >= 4 is 17.6 Å². The number of ether oxygens (including phenoxy) is 1. The number of phenolic OH excluding ortho intramolecular Hbond substituents is 1. The minimum Gasteiger partial charge on any atom is -0.507 e. The highest BCUT2D eigenvalue weighted by molar-refractivity contribution is 6.29. The lowest BCUT2D eigenvalue weighted by Crippen LogP contribution is -2.03. The molecule has 0 aliphatic heterocycles. The number of methoxy groups -OCH3 is 1. The van der Waals surface area contributed by atoms with Gasteiger partial charge in [0.15, 0.2) is 0 Å². The van der Waals surface area contributed by atoms with Gasteiger partial charge in [0.25, 0.3) is 0 Å². The summed E-state index contributed by atoms with van der Waals surface area (Å²) in [6.45, 7) is 0. The quantitative estimate of drug-likeness (QED) is 0.688. The van der Waals surface area contributed by atoms with Gasteiger partial charge in [-0.15, -0.1) is 0 Å². The molecule has 0 atom stereocenters. The second-order valence-corrected chi connectivity index (χ2v) is 4.24. The molecule has 0 radical (unpaired) electrons. The van der Waals surface area contributed by atoms with Crippen LogP contribution in [0.1, 0.15) is 21.6 Å². The van der Waals surface area contributed by atoms with E-state index in [1.54, 1.807) is 18.2 Å². The average Bonchev–Trinajstić information content (AvgIpc) is 2.40. The van der Waals surface area contributed by atoms with E-state index in [0.717, 1.165) is 11.3 Å². The standard InChI is InChI=1S/C13H11ClN2O3/c1-19-13(18)10-5-8(2-3-11(10)17)4-9-6-12(14)16-7-15-9/h2-3,5-7,17H,4H2,1H3. The van der Waals surface area contributed by atoms with Crippen LogP contribution in [0, 0.1) is 0 Å². The zero-order valence-electron chi connectivity index (χ0n) is 10.1. The van der Waals surface area contributed by atoms with E-state index >= 15 is 0 Å². The number of aromatic hydroxyl groups is 1. The Kier molecular flexibility index (Phi) is 3.97. The molecule has 1 heterocycles. The molecule has 0 fully saturated rings. The lowest BCUT2D eigenvalue weighted by Gasteiger charge is -2.06. The predicted octanol–water partition coefficient (Wildman–Crippen LogP) is 2.21. The number of benzene rings is 1. The zero-order chi connectivity index (χ0) is 13.8. The van der Waals surface area contributed by atoms with Crippen LogP contribution >= 0.6 is 11.6 Å². The summed E-state index contributed by atoms with van der Waals surface area (Å²) in [5.41, 5.74) is 1.66. The highest BCUT2D eigenvalue weighted by Gasteiger charge is 2.12. The van der Waals surface area contributed by atoms with Crippen LogP contribution in [0.5, 0.6) is 5.75 Å². The fraction of sp³-hybridized carbons (Fsp3) is 0.154. The van der Waals surface area contributed by atoms with Crippen molar-refractivity contribution < 1.29 is 14.6 Å². The average molecular weight is 279 g/mol. The number of esters is 1. The first-order valence-corrected chi connectivity index (χ1v) is 5.84. The smallest absolute Gasteiger partial charge is 0.341 e. The van der Waals surface area contributed by atoms with E-state index in [1.807, 2.05) is 0 Å². The van der Waals surface area contributed by atoms with Crippen LogP contribution in [0.25, 0.3) is 0 Å². The first-order chi connectivity index (χ1) is 9.10. The van der Waals surface area contributed by atoms with Crippen molar-refractivity contribution in [3.05, 3.63) is 52.6 Å². The van der Waals surface area contributed by atoms with E-state index in [2.05, 4.69) is 14.7 Å². The van der Waals surface area contributed by atoms with Crippen molar-refractivity contribution in [2.45, 2.75) is 6.42 Å². The molecule has 0 aliphatic carbocycles. The topological polar surface area (TPSA) is 72.3 Å². The molecule has 0 saturated carbocycles. The third-order valence-corrected chi connectivity index (χ3v) is 2.75. The third kappa shape index (κ3) is 3.20. The van der Waals surface area contributed by atoms with Crippen LogP contribution in [0.2, 0.25) is 5.15 Å². The second-order valence-electron chi connectivity index (χ2n) is 3.85. The van der Waals surface area contributed by atoms with Gasteiger partial charge < -0.3 is 9.84 Å². The summed E-state index contributed by atoms with van der Waals surface area (Å²) in [6, 6.07) is 6.37. The molecule has 0 bridgehead atoms. The van der Waals surface area contributed by atoms with Crippen molar-refractivity contribution in [2.75, 3.05) is 7.11 Å². The Labute approximate surface area is 114 Å². The van der Waals surface area contributed by atoms with Gasteiger partial charge in [-0.25, -0.2) is 14.8 Å². The largest absolute Gasteiger partial charge is 0.507 e. The van der Waals surface area contributed by atoms with Gasteiger partial charge in [0, 0.05) is 12.1 Å². The monoisotopic (exact) mass is 278 g/mol. The number of aromatic nitrogens is 2. The molecule has 0 unspecified atom stereocenters. The van der Waals surface area contributed by atoms with E-state index in [1.165, 1.54) is 19.5 Å². The summed E-state index contributed by atoms with van der Waals surface area (Å²) in [5, 5.41) is 9.96. The maximum absolute atomic E-state index is 11.5. The molecule has 0 spiro atoms. The lowest BCUT2D eigenvalue weighted by molar-refractivity contribution is 0.0597. The summed E-state index contributed by atoms with van der Waals surface area (Å²) in [4.78, 5) is 19.3. The number of rotatable bonds is 3. The summed E-state index contributed by atoms with van der Waals surface area (Å²) in [5.74, 6) is -0.698. The molecule has 6 heteroatoms. The first-order valence-electron chi connectivity index (χ1n) is 5.47. The number of carbonyl (C=O) groups is 1. The SMILES string of the molecule is COC(=O)c1cc(Cc2cc(Cl)ncn2)ccc1O. The molecule has 0 saturated heterocycles. The minimum atomic E-state index is -0.583. The molecule has 1 aromatic heterocycles. The number of nitrogens with zero attached hydrogens (tertiary/aromatic N) is 2. The normalized spacial score (nSPS) is 10.2. The molecule has 2 rings (SSSR count). The zero-order valence-corrected chi connectivity index (χ0v) is 10.9. The number of carbonyl (C=O) groups excluding carboxylic acids is 1. The number of hydrogen-bond acceptors (Lipinski definition) is 5. The molecule has 98 valence electrons. The van der Waals surface area contributed by atoms with Gasteiger partial charge >= 0.3 is 5.97 Å². The van der Waals surface area contributed by atoms with Crippen LogP contribution < -0.4 is 0 Å². The van der Waals surface area contributed by atoms with E-state index in [-0.39, 0.29) is 11.3 Å². The van der Waals surface area contributed by atoms with Crippen LogP contribution in [-0.2, 0) is 11.2 Å². The number of halogens is 1. The van der Waals surface area contributed by atoms with E-state index in [0.29, 0.717) is 11.6 Å². The van der Waals surface area contributed by atoms with E-state index in [4.69, 9.17) is 11.6 Å². The minimum absolute atomic E-state index is 0.115. The summed E-state index contributed by atoms with van der Waals surface area (Å²) >= 11 is 5.78. The Bertz CT molecular complexity index is 617. The van der Waals surface area contributed by atoms with Crippen LogP contribution in [-0.4, -0.2) is 28.2 Å². The Morgan fingerprint density at radius 1 is 1.37 bits per heavy atom. The van der Waals surface area contributed by atoms with Crippen molar-refractivity contribution in [1.29, 1.82) is 0 Å². The molecule has 1 aromatic carbocycles. The van der Waals surface area contributed by atoms with Crippen molar-refractivity contribution in [3.8, 4) is 5.75 Å². The Morgan fingerprint density at radius 2 is 2.16 bits per heavy atom. The maximum atomic E-state index is 11.5. The highest BCUT2D eigenvalue weighted by Crippen LogP contribution is 2.21. The molecule has 1 N–H and O–H groups in total. The molecule has 0 aliphatic rings. The van der Waals surface area contributed by atoms with Crippen LogP contribution in [0.15, 0.2) is 30.6 Å². The Hall–Kier alpha value is -2.14. The number of hydrogen-bond donors (Lipinski definition) is 1. The second kappa shape index (κ2) is 5.67. The van der Waals surface area contributed by atoms with Gasteiger partial charge in [-0.05, 0) is 23.8 Å². The van der Waals surface area contributed by atoms with Gasteiger partial charge in [0.2, 0.25) is 0 Å². The van der Waals surface area contributed by atoms with Gasteiger partial charge in [0.05, 0.1) is 7.11 Å². The Balaban J connectivity index is 2.29. The molecule has 5 nitrogen and oxygen atoms in total. The molecule has 0 amide bonds. The van der Waals surface area contributed by atoms with E-state index in [9.17, 15) is 9.90 Å². The predicted molar refractivity (Wildman–Crippen MR) is 69.3 cm³/mol. The van der Waals surface area contributed by atoms with Gasteiger partial charge in [-0.2, -0.15) is 0 Å². The highest BCUT2D eigenvalue weighted by atomic mass is 35.5. The summed E-state index contributed by atoms with van der Waals surface area (Å²) in [7, 11) is 1.26. The summed E-state index contributed by atoms with van der Waals surface area (Å²) < 4.78 is 4.60. The van der Waals surface area contributed by atoms with Gasteiger partial charge in [-0.1, -0.05) is 17.7 Å². The van der Waals surface area contributed by atoms with Crippen LogP contribution in [0.4, 0.5) is 0 Å². The molecular weight excluding hydrogens is 268 g/mol. The van der Waals surface area contributed by atoms with Crippen molar-refractivity contribution in [1.82, 2.24) is 9.97 Å². The van der Waals surface area contributed by atoms with Crippen molar-refractivity contribution in [2.24, 2.45) is 0 Å². The molecular formula is C13H11ClN2O3. The van der Waals surface area contributed by atoms with Crippen LogP contribution in [0.3, 0.4) is 0 Å². The molecule has 19 heavy (non-hydrogen) atoms. The molecule has 2 aromatic rings. The maximum Gasteiger partial charge on any atom is 0.341 e. The van der Waals surface area contributed by atoms with Crippen molar-refractivity contribution in [3.63, 3.8) is 0 Å². The fourth-order valence-corrected chi connectivity index (χ4v) is 1.81. The first kappa shape index (κ1) is 13.3. The third-order valence-electron chi connectivity index (χ3n) is 2.54. The Morgan fingerprint density at radius 3 is 2.84 bits per heavy atom. The van der Waals surface area contributed by atoms with Gasteiger partial charge in [-0.3, -0.25) is 0 Å². The fourth-order valence-electron chi connectivity index (χ4n) is 1.64. The van der Waals surface area contributed by atoms with Gasteiger partial charge in [0.1, 0.15) is 22.8 Å². The lowest BCUT2D eigenvalue weighted by atomic mass is 10.1.